The number of benzene rings is 3. The van der Waals surface area contributed by atoms with E-state index < -0.39 is 5.97 Å². The Morgan fingerprint density at radius 1 is 0.800 bits per heavy atom. The summed E-state index contributed by atoms with van der Waals surface area (Å²) in [7, 11) is 0. The standard InChI is InChI=1S/C31H33NO3/c1-3-18-31(19-4-2)26-13-9-8-12-24(26)25-15-14-23(20-27(25)31)30(34)28(32)16-17-29(33)35-21-22-10-6-5-7-11-22/h5-15,20,32H,3-4,16-19,21H2,1-2H3. The van der Waals surface area contributed by atoms with Crippen molar-refractivity contribution in [2.45, 2.75) is 64.4 Å². The zero-order valence-corrected chi connectivity index (χ0v) is 20.6. The molecular weight excluding hydrogens is 434 g/mol. The second-order valence-corrected chi connectivity index (χ2v) is 9.34. The number of fused-ring (bicyclic) bond motifs is 3. The number of rotatable bonds is 11. The van der Waals surface area contributed by atoms with Gasteiger partial charge in [-0.1, -0.05) is 93.4 Å². The molecule has 0 bridgehead atoms. The Hall–Kier alpha value is -3.53. The number of hydrogen-bond donors (Lipinski definition) is 1. The SMILES string of the molecule is CCCC1(CCC)c2ccccc2-c2ccc(C(=O)C(=N)CCC(=O)OCc3ccccc3)cc21. The summed E-state index contributed by atoms with van der Waals surface area (Å²) in [6.07, 6.45) is 4.22. The van der Waals surface area contributed by atoms with Gasteiger partial charge in [-0.25, -0.2) is 0 Å². The van der Waals surface area contributed by atoms with Gasteiger partial charge in [0.05, 0.1) is 12.1 Å². The van der Waals surface area contributed by atoms with Crippen molar-refractivity contribution in [2.24, 2.45) is 0 Å². The maximum atomic E-state index is 13.2. The molecule has 1 N–H and O–H groups in total. The van der Waals surface area contributed by atoms with Crippen LogP contribution in [0.5, 0.6) is 0 Å². The molecule has 3 aromatic carbocycles. The molecule has 35 heavy (non-hydrogen) atoms. The summed E-state index contributed by atoms with van der Waals surface area (Å²) in [4.78, 5) is 25.3. The lowest BCUT2D eigenvalue weighted by atomic mass is 9.71. The third-order valence-electron chi connectivity index (χ3n) is 6.98. The molecule has 0 amide bonds. The molecule has 0 aliphatic heterocycles. The summed E-state index contributed by atoms with van der Waals surface area (Å²) < 4.78 is 5.29. The van der Waals surface area contributed by atoms with Crippen molar-refractivity contribution >= 4 is 17.5 Å². The Balaban J connectivity index is 1.49. The monoisotopic (exact) mass is 467 g/mol. The molecule has 4 heteroatoms. The van der Waals surface area contributed by atoms with Crippen LogP contribution in [0.2, 0.25) is 0 Å². The summed E-state index contributed by atoms with van der Waals surface area (Å²) in [6.45, 7) is 4.61. The van der Waals surface area contributed by atoms with E-state index >= 15 is 0 Å². The number of hydrogen-bond acceptors (Lipinski definition) is 4. The van der Waals surface area contributed by atoms with Gasteiger partial charge in [0.1, 0.15) is 6.61 Å². The van der Waals surface area contributed by atoms with Gasteiger partial charge in [-0.05, 0) is 46.7 Å². The van der Waals surface area contributed by atoms with Crippen molar-refractivity contribution in [1.82, 2.24) is 0 Å². The topological polar surface area (TPSA) is 67.2 Å². The highest BCUT2D eigenvalue weighted by Crippen LogP contribution is 2.53. The third-order valence-corrected chi connectivity index (χ3v) is 6.98. The maximum Gasteiger partial charge on any atom is 0.306 e. The Morgan fingerprint density at radius 2 is 1.46 bits per heavy atom. The predicted octanol–water partition coefficient (Wildman–Crippen LogP) is 7.28. The smallest absolute Gasteiger partial charge is 0.306 e. The number of esters is 1. The van der Waals surface area contributed by atoms with E-state index in [0.717, 1.165) is 31.2 Å². The third kappa shape index (κ3) is 4.97. The van der Waals surface area contributed by atoms with Crippen molar-refractivity contribution < 1.29 is 14.3 Å². The fourth-order valence-electron chi connectivity index (χ4n) is 5.44. The lowest BCUT2D eigenvalue weighted by Crippen LogP contribution is -2.25. The lowest BCUT2D eigenvalue weighted by molar-refractivity contribution is -0.144. The van der Waals surface area contributed by atoms with Crippen LogP contribution in [0, 0.1) is 5.41 Å². The van der Waals surface area contributed by atoms with E-state index in [2.05, 4.69) is 38.1 Å². The molecule has 0 saturated carbocycles. The van der Waals surface area contributed by atoms with Gasteiger partial charge in [-0.3, -0.25) is 9.59 Å². The molecule has 0 radical (unpaired) electrons. The molecule has 180 valence electrons. The molecule has 0 spiro atoms. The average Bonchev–Trinajstić information content (AvgIpc) is 3.16. The second-order valence-electron chi connectivity index (χ2n) is 9.34. The first-order valence-electron chi connectivity index (χ1n) is 12.6. The van der Waals surface area contributed by atoms with Crippen molar-refractivity contribution in [1.29, 1.82) is 5.41 Å². The highest BCUT2D eigenvalue weighted by atomic mass is 16.5. The summed E-state index contributed by atoms with van der Waals surface area (Å²) in [5.74, 6) is -0.720. The Labute approximate surface area is 207 Å². The van der Waals surface area contributed by atoms with Crippen LogP contribution in [-0.4, -0.2) is 17.5 Å². The maximum absolute atomic E-state index is 13.2. The summed E-state index contributed by atoms with van der Waals surface area (Å²) in [5.41, 5.74) is 6.26. The first kappa shape index (κ1) is 24.6. The fourth-order valence-corrected chi connectivity index (χ4v) is 5.44. The Bertz CT molecular complexity index is 1220. The molecule has 0 aromatic heterocycles. The largest absolute Gasteiger partial charge is 0.461 e. The van der Waals surface area contributed by atoms with Crippen molar-refractivity contribution in [3.8, 4) is 11.1 Å². The number of carbonyl (C=O) groups excluding carboxylic acids is 2. The van der Waals surface area contributed by atoms with Crippen LogP contribution in [0.25, 0.3) is 11.1 Å². The summed E-state index contributed by atoms with van der Waals surface area (Å²) in [5, 5.41) is 8.35. The molecule has 0 saturated heterocycles. The van der Waals surface area contributed by atoms with Crippen LogP contribution in [0.3, 0.4) is 0 Å². The van der Waals surface area contributed by atoms with Crippen LogP contribution in [-0.2, 0) is 21.6 Å². The number of Topliss-reactive ketones (excluding diaryl/α,β-unsaturated/α-hetero) is 1. The Morgan fingerprint density at radius 3 is 2.17 bits per heavy atom. The van der Waals surface area contributed by atoms with E-state index in [0.29, 0.717) is 5.56 Å². The van der Waals surface area contributed by atoms with Crippen LogP contribution < -0.4 is 0 Å². The minimum atomic E-state index is -0.402. The molecule has 1 aliphatic carbocycles. The highest BCUT2D eigenvalue weighted by molar-refractivity contribution is 6.45. The normalized spacial score (nSPS) is 13.1. The lowest BCUT2D eigenvalue weighted by Gasteiger charge is -2.32. The zero-order chi connectivity index (χ0) is 24.8. The minimum Gasteiger partial charge on any atom is -0.461 e. The van der Waals surface area contributed by atoms with Crippen LogP contribution >= 0.6 is 0 Å². The number of ketones is 1. The van der Waals surface area contributed by atoms with E-state index in [1.165, 1.54) is 22.3 Å². The molecule has 0 heterocycles. The molecule has 1 aliphatic rings. The number of nitrogens with one attached hydrogen (secondary N) is 1. The van der Waals surface area contributed by atoms with Gasteiger partial charge in [0.15, 0.2) is 0 Å². The fraction of sp³-hybridized carbons (Fsp3) is 0.323. The summed E-state index contributed by atoms with van der Waals surface area (Å²) >= 11 is 0. The second kappa shape index (κ2) is 10.8. The van der Waals surface area contributed by atoms with Crippen LogP contribution in [0.15, 0.2) is 72.8 Å². The van der Waals surface area contributed by atoms with E-state index in [9.17, 15) is 9.59 Å². The van der Waals surface area contributed by atoms with Gasteiger partial charge >= 0.3 is 5.97 Å². The quantitative estimate of drug-likeness (QED) is 0.183. The number of carbonyl (C=O) groups is 2. The zero-order valence-electron chi connectivity index (χ0n) is 20.6. The highest BCUT2D eigenvalue weighted by Gasteiger charge is 2.41. The van der Waals surface area contributed by atoms with Gasteiger partial charge in [0, 0.05) is 17.4 Å². The van der Waals surface area contributed by atoms with Crippen molar-refractivity contribution in [3.05, 3.63) is 95.1 Å². The van der Waals surface area contributed by atoms with Gasteiger partial charge in [0.2, 0.25) is 5.78 Å². The summed E-state index contributed by atoms with van der Waals surface area (Å²) in [6, 6.07) is 23.9. The predicted molar refractivity (Wildman–Crippen MR) is 140 cm³/mol. The average molecular weight is 468 g/mol. The van der Waals surface area contributed by atoms with Crippen LogP contribution in [0.1, 0.15) is 79.4 Å². The Kier molecular flexibility index (Phi) is 7.60. The molecule has 0 fully saturated rings. The van der Waals surface area contributed by atoms with Crippen molar-refractivity contribution in [2.75, 3.05) is 0 Å². The van der Waals surface area contributed by atoms with Crippen molar-refractivity contribution in [3.63, 3.8) is 0 Å². The van der Waals surface area contributed by atoms with Gasteiger partial charge in [-0.2, -0.15) is 0 Å². The van der Waals surface area contributed by atoms with Crippen LogP contribution in [0.4, 0.5) is 0 Å². The molecule has 0 atom stereocenters. The van der Waals surface area contributed by atoms with E-state index in [1.54, 1.807) is 0 Å². The van der Waals surface area contributed by atoms with E-state index in [4.69, 9.17) is 10.1 Å². The molecule has 4 rings (SSSR count). The van der Waals surface area contributed by atoms with Gasteiger partial charge in [-0.15, -0.1) is 0 Å². The molecular formula is C31H33NO3. The van der Waals surface area contributed by atoms with Gasteiger partial charge < -0.3 is 10.1 Å². The van der Waals surface area contributed by atoms with Gasteiger partial charge in [0.25, 0.3) is 0 Å². The molecule has 3 aromatic rings. The van der Waals surface area contributed by atoms with E-state index in [-0.39, 0.29) is 36.4 Å². The molecule has 4 nitrogen and oxygen atoms in total. The van der Waals surface area contributed by atoms with E-state index in [1.807, 2.05) is 48.5 Å². The first-order valence-corrected chi connectivity index (χ1v) is 12.6. The first-order chi connectivity index (χ1) is 17.0. The molecule has 0 unspecified atom stereocenters. The minimum absolute atomic E-state index is 0.0173. The number of ether oxygens (including phenoxy) is 1.